The molecular formula is C15H21NO2S. The summed E-state index contributed by atoms with van der Waals surface area (Å²) in [6.45, 7) is 5.99. The van der Waals surface area contributed by atoms with Crippen LogP contribution in [-0.2, 0) is 0 Å². The number of nitrogens with one attached hydrogen (secondary N) is 1. The fourth-order valence-corrected chi connectivity index (χ4v) is 3.37. The molecule has 0 aliphatic carbocycles. The molecule has 0 aliphatic heterocycles. The molecule has 3 N–H and O–H groups in total. The molecule has 0 fully saturated rings. The van der Waals surface area contributed by atoms with Crippen molar-refractivity contribution in [3.63, 3.8) is 0 Å². The minimum absolute atomic E-state index is 0.162. The van der Waals surface area contributed by atoms with Crippen LogP contribution in [0.1, 0.15) is 30.3 Å². The SMILES string of the molecule is Cc1c(C(C)NCC(C)(O)CO)sc2ccccc12. The molecule has 3 nitrogen and oxygen atoms in total. The first-order valence-electron chi connectivity index (χ1n) is 6.49. The van der Waals surface area contributed by atoms with Crippen LogP contribution in [0.2, 0.25) is 0 Å². The predicted octanol–water partition coefficient (Wildman–Crippen LogP) is 2.60. The Morgan fingerprint density at radius 1 is 1.37 bits per heavy atom. The van der Waals surface area contributed by atoms with Gasteiger partial charge in [-0.25, -0.2) is 0 Å². The zero-order valence-electron chi connectivity index (χ0n) is 11.6. The third-order valence-corrected chi connectivity index (χ3v) is 4.86. The van der Waals surface area contributed by atoms with Crippen LogP contribution in [0.3, 0.4) is 0 Å². The van der Waals surface area contributed by atoms with Crippen LogP contribution >= 0.6 is 11.3 Å². The number of benzene rings is 1. The number of hydrogen-bond acceptors (Lipinski definition) is 4. The van der Waals surface area contributed by atoms with Gasteiger partial charge < -0.3 is 15.5 Å². The van der Waals surface area contributed by atoms with Gasteiger partial charge in [0.15, 0.2) is 0 Å². The molecule has 0 saturated heterocycles. The molecule has 1 aromatic carbocycles. The van der Waals surface area contributed by atoms with Crippen LogP contribution in [0.4, 0.5) is 0 Å². The molecule has 2 aromatic rings. The predicted molar refractivity (Wildman–Crippen MR) is 80.7 cm³/mol. The van der Waals surface area contributed by atoms with Gasteiger partial charge in [0, 0.05) is 22.2 Å². The van der Waals surface area contributed by atoms with Crippen molar-refractivity contribution in [1.82, 2.24) is 5.32 Å². The summed E-state index contributed by atoms with van der Waals surface area (Å²) in [7, 11) is 0. The topological polar surface area (TPSA) is 52.5 Å². The molecule has 2 unspecified atom stereocenters. The number of rotatable bonds is 5. The van der Waals surface area contributed by atoms with E-state index in [4.69, 9.17) is 5.11 Å². The lowest BCUT2D eigenvalue weighted by atomic mass is 10.1. The summed E-state index contributed by atoms with van der Waals surface area (Å²) in [5.41, 5.74) is 0.225. The molecule has 2 atom stereocenters. The number of aliphatic hydroxyl groups excluding tert-OH is 1. The van der Waals surface area contributed by atoms with Crippen molar-refractivity contribution < 1.29 is 10.2 Å². The maximum absolute atomic E-state index is 9.82. The fourth-order valence-electron chi connectivity index (χ4n) is 2.13. The summed E-state index contributed by atoms with van der Waals surface area (Å²) < 4.78 is 1.29. The highest BCUT2D eigenvalue weighted by atomic mass is 32.1. The Morgan fingerprint density at radius 3 is 2.68 bits per heavy atom. The van der Waals surface area contributed by atoms with Crippen molar-refractivity contribution in [2.75, 3.05) is 13.2 Å². The van der Waals surface area contributed by atoms with E-state index in [2.05, 4.69) is 43.4 Å². The summed E-state index contributed by atoms with van der Waals surface area (Å²) in [5, 5.41) is 23.5. The summed E-state index contributed by atoms with van der Waals surface area (Å²) in [6.07, 6.45) is 0. The van der Waals surface area contributed by atoms with Crippen LogP contribution in [0.25, 0.3) is 10.1 Å². The van der Waals surface area contributed by atoms with Gasteiger partial charge in [-0.15, -0.1) is 11.3 Å². The van der Waals surface area contributed by atoms with Crippen molar-refractivity contribution in [2.45, 2.75) is 32.4 Å². The quantitative estimate of drug-likeness (QED) is 0.788. The van der Waals surface area contributed by atoms with Crippen LogP contribution in [0.5, 0.6) is 0 Å². The normalized spacial score (nSPS) is 16.5. The fraction of sp³-hybridized carbons (Fsp3) is 0.467. The molecule has 0 saturated carbocycles. The smallest absolute Gasteiger partial charge is 0.0973 e. The lowest BCUT2D eigenvalue weighted by Gasteiger charge is -2.23. The summed E-state index contributed by atoms with van der Waals surface area (Å²) in [5.74, 6) is 0. The third kappa shape index (κ3) is 3.15. The minimum Gasteiger partial charge on any atom is -0.393 e. The van der Waals surface area contributed by atoms with Crippen molar-refractivity contribution in [3.8, 4) is 0 Å². The molecule has 0 aliphatic rings. The Morgan fingerprint density at radius 2 is 2.05 bits per heavy atom. The van der Waals surface area contributed by atoms with E-state index in [-0.39, 0.29) is 12.6 Å². The Hall–Kier alpha value is -0.940. The Bertz CT molecular complexity index is 562. The van der Waals surface area contributed by atoms with Crippen LogP contribution < -0.4 is 5.32 Å². The second kappa shape index (κ2) is 5.59. The van der Waals surface area contributed by atoms with E-state index in [1.165, 1.54) is 20.5 Å². The lowest BCUT2D eigenvalue weighted by molar-refractivity contribution is 0.00112. The zero-order chi connectivity index (χ0) is 14.0. The number of hydrogen-bond donors (Lipinski definition) is 3. The van der Waals surface area contributed by atoms with Crippen LogP contribution in [0, 0.1) is 6.92 Å². The van der Waals surface area contributed by atoms with Crippen LogP contribution in [0.15, 0.2) is 24.3 Å². The Balaban J connectivity index is 2.17. The first-order chi connectivity index (χ1) is 8.94. The van der Waals surface area contributed by atoms with Gasteiger partial charge in [0.05, 0.1) is 12.2 Å². The Kier molecular flexibility index (Phi) is 4.26. The molecule has 0 spiro atoms. The monoisotopic (exact) mass is 279 g/mol. The highest BCUT2D eigenvalue weighted by molar-refractivity contribution is 7.19. The second-order valence-electron chi connectivity index (χ2n) is 5.35. The Labute approximate surface area is 117 Å². The van der Waals surface area contributed by atoms with E-state index < -0.39 is 5.60 Å². The van der Waals surface area contributed by atoms with E-state index in [0.29, 0.717) is 6.54 Å². The maximum Gasteiger partial charge on any atom is 0.0973 e. The van der Waals surface area contributed by atoms with Crippen LogP contribution in [-0.4, -0.2) is 29.0 Å². The van der Waals surface area contributed by atoms with Gasteiger partial charge >= 0.3 is 0 Å². The number of thiophene rings is 1. The summed E-state index contributed by atoms with van der Waals surface area (Å²) in [6, 6.07) is 8.54. The van der Waals surface area contributed by atoms with Gasteiger partial charge in [-0.1, -0.05) is 18.2 Å². The minimum atomic E-state index is -1.07. The molecule has 2 rings (SSSR count). The number of aliphatic hydroxyl groups is 2. The van der Waals surface area contributed by atoms with E-state index in [0.717, 1.165) is 0 Å². The largest absolute Gasteiger partial charge is 0.393 e. The molecule has 0 amide bonds. The van der Waals surface area contributed by atoms with E-state index >= 15 is 0 Å². The summed E-state index contributed by atoms with van der Waals surface area (Å²) >= 11 is 1.78. The average molecular weight is 279 g/mol. The number of aryl methyl sites for hydroxylation is 1. The van der Waals surface area contributed by atoms with E-state index in [1.807, 2.05) is 0 Å². The second-order valence-corrected chi connectivity index (χ2v) is 6.43. The van der Waals surface area contributed by atoms with Gasteiger partial charge in [0.25, 0.3) is 0 Å². The average Bonchev–Trinajstić information content (AvgIpc) is 2.74. The number of fused-ring (bicyclic) bond motifs is 1. The van der Waals surface area contributed by atoms with Gasteiger partial charge in [-0.05, 0) is 37.8 Å². The van der Waals surface area contributed by atoms with Gasteiger partial charge in [0.2, 0.25) is 0 Å². The maximum atomic E-state index is 9.82. The van der Waals surface area contributed by atoms with E-state index in [1.54, 1.807) is 18.3 Å². The summed E-state index contributed by atoms with van der Waals surface area (Å²) in [4.78, 5) is 1.29. The van der Waals surface area contributed by atoms with Crippen molar-refractivity contribution >= 4 is 21.4 Å². The lowest BCUT2D eigenvalue weighted by Crippen LogP contribution is -2.41. The van der Waals surface area contributed by atoms with Gasteiger partial charge in [-0.2, -0.15) is 0 Å². The first-order valence-corrected chi connectivity index (χ1v) is 7.31. The highest BCUT2D eigenvalue weighted by Crippen LogP contribution is 2.34. The first kappa shape index (κ1) is 14.5. The molecule has 1 heterocycles. The molecule has 0 radical (unpaired) electrons. The van der Waals surface area contributed by atoms with Crippen molar-refractivity contribution in [1.29, 1.82) is 0 Å². The molecular weight excluding hydrogens is 258 g/mol. The molecule has 104 valence electrons. The van der Waals surface area contributed by atoms with Gasteiger partial charge in [0.1, 0.15) is 0 Å². The molecule has 1 aromatic heterocycles. The van der Waals surface area contributed by atoms with E-state index in [9.17, 15) is 5.11 Å². The van der Waals surface area contributed by atoms with Gasteiger partial charge in [-0.3, -0.25) is 0 Å². The highest BCUT2D eigenvalue weighted by Gasteiger charge is 2.21. The standard InChI is InChI=1S/C15H21NO2S/c1-10-12-6-4-5-7-13(12)19-14(10)11(2)16-8-15(3,18)9-17/h4-7,11,16-18H,8-9H2,1-3H3. The zero-order valence-corrected chi connectivity index (χ0v) is 12.4. The van der Waals surface area contributed by atoms with Crippen molar-refractivity contribution in [2.24, 2.45) is 0 Å². The van der Waals surface area contributed by atoms with Crippen molar-refractivity contribution in [3.05, 3.63) is 34.7 Å². The molecule has 4 heteroatoms. The molecule has 19 heavy (non-hydrogen) atoms. The molecule has 0 bridgehead atoms. The third-order valence-electron chi connectivity index (χ3n) is 3.40.